The molecule has 0 amide bonds. The van der Waals surface area contributed by atoms with E-state index in [0.29, 0.717) is 6.42 Å². The molecule has 16 heavy (non-hydrogen) atoms. The third kappa shape index (κ3) is 8.67. The number of unbranched alkanes of at least 4 members (excludes halogenated alkanes) is 1. The van der Waals surface area contributed by atoms with Crippen LogP contribution in [0.25, 0.3) is 0 Å². The molecule has 0 aromatic carbocycles. The average molecular weight is 251 g/mol. The number of rotatable bonds is 6. The van der Waals surface area contributed by atoms with Crippen molar-refractivity contribution in [3.05, 3.63) is 0 Å². The number of hydrogen-bond acceptors (Lipinski definition) is 4. The number of nitrogens with one attached hydrogen (secondary N) is 1. The Balaban J connectivity index is 4.01. The molecule has 0 atom stereocenters. The maximum Gasteiger partial charge on any atom is 0.321 e. The van der Waals surface area contributed by atoms with Gasteiger partial charge in [0.05, 0.1) is 5.75 Å². The van der Waals surface area contributed by atoms with Gasteiger partial charge < -0.3 is 4.74 Å². The number of carbonyl (C=O) groups excluding carboxylic acids is 1. The Labute approximate surface area is 97.6 Å². The molecule has 0 saturated heterocycles. The van der Waals surface area contributed by atoms with Gasteiger partial charge in [-0.1, -0.05) is 13.3 Å². The zero-order valence-corrected chi connectivity index (χ0v) is 11.2. The van der Waals surface area contributed by atoms with Gasteiger partial charge in [-0.2, -0.15) is 0 Å². The number of esters is 1. The summed E-state index contributed by atoms with van der Waals surface area (Å²) in [4.78, 5) is 11.2. The van der Waals surface area contributed by atoms with Gasteiger partial charge >= 0.3 is 5.97 Å². The van der Waals surface area contributed by atoms with E-state index in [-0.39, 0.29) is 12.3 Å². The second kappa shape index (κ2) is 6.20. The predicted octanol–water partition coefficient (Wildman–Crippen LogP) is 1.05. The van der Waals surface area contributed by atoms with Crippen LogP contribution >= 0.6 is 0 Å². The predicted molar refractivity (Wildman–Crippen MR) is 62.5 cm³/mol. The van der Waals surface area contributed by atoms with Crippen molar-refractivity contribution in [3.63, 3.8) is 0 Å². The average Bonchev–Trinajstić information content (AvgIpc) is 2.09. The van der Waals surface area contributed by atoms with E-state index in [2.05, 4.69) is 4.72 Å². The van der Waals surface area contributed by atoms with E-state index >= 15 is 0 Å². The molecule has 0 radical (unpaired) electrons. The monoisotopic (exact) mass is 251 g/mol. The molecule has 0 unspecified atom stereocenters. The van der Waals surface area contributed by atoms with Crippen LogP contribution in [-0.2, 0) is 19.6 Å². The quantitative estimate of drug-likeness (QED) is 0.716. The Morgan fingerprint density at radius 3 is 2.31 bits per heavy atom. The van der Waals surface area contributed by atoms with Crippen LogP contribution in [0.1, 0.15) is 40.5 Å². The molecule has 0 spiro atoms. The topological polar surface area (TPSA) is 72.5 Å². The van der Waals surface area contributed by atoms with E-state index < -0.39 is 21.6 Å². The summed E-state index contributed by atoms with van der Waals surface area (Å²) in [7, 11) is -3.35. The molecule has 0 aliphatic carbocycles. The lowest BCUT2D eigenvalue weighted by Crippen LogP contribution is -2.35. The van der Waals surface area contributed by atoms with Gasteiger partial charge in [0, 0.05) is 0 Å². The molecule has 0 aromatic rings. The minimum absolute atomic E-state index is 0.0479. The van der Waals surface area contributed by atoms with Crippen LogP contribution < -0.4 is 4.72 Å². The Hall–Kier alpha value is -0.620. The number of ether oxygens (including phenoxy) is 1. The van der Waals surface area contributed by atoms with E-state index in [0.717, 1.165) is 6.42 Å². The van der Waals surface area contributed by atoms with Crippen LogP contribution in [0.5, 0.6) is 0 Å². The number of sulfonamides is 1. The van der Waals surface area contributed by atoms with Crippen molar-refractivity contribution in [2.45, 2.75) is 46.1 Å². The summed E-state index contributed by atoms with van der Waals surface area (Å²) in [6.45, 7) is 6.80. The lowest BCUT2D eigenvalue weighted by Gasteiger charge is -2.19. The molecule has 0 bridgehead atoms. The van der Waals surface area contributed by atoms with Crippen LogP contribution in [-0.4, -0.2) is 32.3 Å². The third-order valence-corrected chi connectivity index (χ3v) is 3.03. The molecule has 1 N–H and O–H groups in total. The molecule has 96 valence electrons. The highest BCUT2D eigenvalue weighted by Gasteiger charge is 2.18. The lowest BCUT2D eigenvalue weighted by molar-refractivity contribution is -0.153. The summed E-state index contributed by atoms with van der Waals surface area (Å²) < 4.78 is 29.9. The zero-order chi connectivity index (χ0) is 12.8. The Bertz CT molecular complexity index is 316. The molecule has 0 aliphatic rings. The van der Waals surface area contributed by atoms with E-state index in [4.69, 9.17) is 4.74 Å². The van der Waals surface area contributed by atoms with E-state index in [9.17, 15) is 13.2 Å². The zero-order valence-electron chi connectivity index (χ0n) is 10.4. The van der Waals surface area contributed by atoms with Gasteiger partial charge in [0.25, 0.3) is 0 Å². The highest BCUT2D eigenvalue weighted by Crippen LogP contribution is 2.06. The Morgan fingerprint density at radius 2 is 1.88 bits per heavy atom. The standard InChI is InChI=1S/C10H21NO4S/c1-5-6-7-16(13,14)11-8-9(12)15-10(2,3)4/h11H,5-8H2,1-4H3. The smallest absolute Gasteiger partial charge is 0.321 e. The van der Waals surface area contributed by atoms with Gasteiger partial charge in [-0.15, -0.1) is 0 Å². The first-order valence-electron chi connectivity index (χ1n) is 5.35. The largest absolute Gasteiger partial charge is 0.459 e. The second-order valence-corrected chi connectivity index (χ2v) is 6.51. The van der Waals surface area contributed by atoms with Crippen molar-refractivity contribution >= 4 is 16.0 Å². The molecule has 0 fully saturated rings. The molecule has 0 aliphatic heterocycles. The fourth-order valence-corrected chi connectivity index (χ4v) is 2.10. The lowest BCUT2D eigenvalue weighted by atomic mass is 10.2. The van der Waals surface area contributed by atoms with Crippen molar-refractivity contribution in [2.24, 2.45) is 0 Å². The second-order valence-electron chi connectivity index (χ2n) is 4.58. The molecular formula is C10H21NO4S. The molecular weight excluding hydrogens is 230 g/mol. The van der Waals surface area contributed by atoms with Gasteiger partial charge in [-0.3, -0.25) is 4.79 Å². The van der Waals surface area contributed by atoms with Gasteiger partial charge in [0.15, 0.2) is 0 Å². The van der Waals surface area contributed by atoms with Crippen LogP contribution in [0.2, 0.25) is 0 Å². The van der Waals surface area contributed by atoms with Gasteiger partial charge in [-0.05, 0) is 27.2 Å². The maximum absolute atomic E-state index is 11.3. The fraction of sp³-hybridized carbons (Fsp3) is 0.900. The van der Waals surface area contributed by atoms with Crippen LogP contribution in [0.3, 0.4) is 0 Å². The SMILES string of the molecule is CCCCS(=O)(=O)NCC(=O)OC(C)(C)C. The molecule has 0 aromatic heterocycles. The molecule has 0 rings (SSSR count). The first-order chi connectivity index (χ1) is 7.16. The van der Waals surface area contributed by atoms with Gasteiger partial charge in [0.1, 0.15) is 12.1 Å². The molecule has 5 nitrogen and oxygen atoms in total. The normalized spacial score (nSPS) is 12.5. The van der Waals surface area contributed by atoms with E-state index in [1.54, 1.807) is 20.8 Å². The summed E-state index contributed by atoms with van der Waals surface area (Å²) in [5, 5.41) is 0. The van der Waals surface area contributed by atoms with Crippen LogP contribution in [0, 0.1) is 0 Å². The summed E-state index contributed by atoms with van der Waals surface area (Å²) >= 11 is 0. The first-order valence-corrected chi connectivity index (χ1v) is 7.00. The minimum atomic E-state index is -3.35. The van der Waals surface area contributed by atoms with Gasteiger partial charge in [-0.25, -0.2) is 13.1 Å². The molecule has 6 heteroatoms. The maximum atomic E-state index is 11.3. The summed E-state index contributed by atoms with van der Waals surface area (Å²) in [6, 6.07) is 0. The summed E-state index contributed by atoms with van der Waals surface area (Å²) in [6.07, 6.45) is 1.39. The Kier molecular flexibility index (Phi) is 5.96. The van der Waals surface area contributed by atoms with E-state index in [1.165, 1.54) is 0 Å². The molecule has 0 saturated carbocycles. The van der Waals surface area contributed by atoms with Crippen LogP contribution in [0.4, 0.5) is 0 Å². The number of carbonyl (C=O) groups is 1. The summed E-state index contributed by atoms with van der Waals surface area (Å²) in [5.41, 5.74) is -0.591. The van der Waals surface area contributed by atoms with E-state index in [1.807, 2.05) is 6.92 Å². The van der Waals surface area contributed by atoms with Crippen LogP contribution in [0.15, 0.2) is 0 Å². The first kappa shape index (κ1) is 15.4. The van der Waals surface area contributed by atoms with Crippen molar-refractivity contribution in [1.82, 2.24) is 4.72 Å². The fourth-order valence-electron chi connectivity index (χ4n) is 0.953. The summed E-state index contributed by atoms with van der Waals surface area (Å²) in [5.74, 6) is -0.515. The molecule has 0 heterocycles. The highest BCUT2D eigenvalue weighted by atomic mass is 32.2. The third-order valence-electron chi connectivity index (χ3n) is 1.62. The number of hydrogen-bond donors (Lipinski definition) is 1. The van der Waals surface area contributed by atoms with Gasteiger partial charge in [0.2, 0.25) is 10.0 Å². The van der Waals surface area contributed by atoms with Crippen molar-refractivity contribution in [1.29, 1.82) is 0 Å². The minimum Gasteiger partial charge on any atom is -0.459 e. The van der Waals surface area contributed by atoms with Crippen molar-refractivity contribution < 1.29 is 17.9 Å². The van der Waals surface area contributed by atoms with Crippen molar-refractivity contribution in [2.75, 3.05) is 12.3 Å². The highest BCUT2D eigenvalue weighted by molar-refractivity contribution is 7.89. The van der Waals surface area contributed by atoms with Crippen molar-refractivity contribution in [3.8, 4) is 0 Å². The Morgan fingerprint density at radius 1 is 1.31 bits per heavy atom.